The summed E-state index contributed by atoms with van der Waals surface area (Å²) in [7, 11) is 1.66. The van der Waals surface area contributed by atoms with Gasteiger partial charge in [-0.15, -0.1) is 0 Å². The van der Waals surface area contributed by atoms with Crippen LogP contribution in [0.4, 0.5) is 5.69 Å². The molecule has 0 saturated carbocycles. The third-order valence-corrected chi connectivity index (χ3v) is 3.65. The van der Waals surface area contributed by atoms with Crippen molar-refractivity contribution in [2.24, 2.45) is 0 Å². The van der Waals surface area contributed by atoms with Gasteiger partial charge in [-0.25, -0.2) is 0 Å². The Kier molecular flexibility index (Phi) is 4.72. The van der Waals surface area contributed by atoms with Crippen molar-refractivity contribution in [2.75, 3.05) is 12.4 Å². The smallest absolute Gasteiger partial charge is 0.124 e. The lowest BCUT2D eigenvalue weighted by atomic mass is 10.0. The molecule has 0 spiro atoms. The van der Waals surface area contributed by atoms with E-state index in [-0.39, 0.29) is 6.04 Å². The van der Waals surface area contributed by atoms with Crippen molar-refractivity contribution in [1.29, 1.82) is 5.26 Å². The van der Waals surface area contributed by atoms with Crippen LogP contribution < -0.4 is 10.1 Å². The van der Waals surface area contributed by atoms with Gasteiger partial charge in [0.15, 0.2) is 0 Å². The second-order valence-corrected chi connectivity index (χ2v) is 5.33. The molecule has 0 aliphatic rings. The largest absolute Gasteiger partial charge is 0.496 e. The highest BCUT2D eigenvalue weighted by Gasteiger charge is 2.12. The first-order valence-electron chi connectivity index (χ1n) is 6.66. The van der Waals surface area contributed by atoms with E-state index in [1.54, 1.807) is 19.2 Å². The Balaban J connectivity index is 2.28. The van der Waals surface area contributed by atoms with Crippen LogP contribution in [0.15, 0.2) is 36.4 Å². The molecule has 0 heterocycles. The minimum absolute atomic E-state index is 0.0487. The maximum absolute atomic E-state index is 9.03. The van der Waals surface area contributed by atoms with E-state index in [9.17, 15) is 0 Å². The van der Waals surface area contributed by atoms with Crippen LogP contribution in [0.1, 0.15) is 29.7 Å². The molecule has 0 fully saturated rings. The fourth-order valence-corrected chi connectivity index (χ4v) is 2.38. The Hall–Kier alpha value is -2.18. The normalized spacial score (nSPS) is 11.6. The summed E-state index contributed by atoms with van der Waals surface area (Å²) < 4.78 is 5.41. The fourth-order valence-electron chi connectivity index (χ4n) is 2.22. The maximum atomic E-state index is 9.03. The first-order valence-corrected chi connectivity index (χ1v) is 7.03. The molecule has 3 nitrogen and oxygen atoms in total. The van der Waals surface area contributed by atoms with Crippen molar-refractivity contribution in [3.8, 4) is 11.8 Å². The lowest BCUT2D eigenvalue weighted by Gasteiger charge is -2.19. The number of methoxy groups -OCH3 is 1. The van der Waals surface area contributed by atoms with E-state index in [0.717, 1.165) is 17.0 Å². The van der Waals surface area contributed by atoms with Gasteiger partial charge in [0.25, 0.3) is 0 Å². The molecule has 0 aliphatic heterocycles. The molecule has 0 aromatic heterocycles. The summed E-state index contributed by atoms with van der Waals surface area (Å²) in [5.74, 6) is 0.843. The fraction of sp³-hybridized carbons (Fsp3) is 0.235. The predicted octanol–water partition coefficient (Wildman–Crippen LogP) is 4.70. The van der Waals surface area contributed by atoms with E-state index in [0.29, 0.717) is 10.6 Å². The number of rotatable bonds is 4. The van der Waals surface area contributed by atoms with E-state index >= 15 is 0 Å². The molecule has 2 aromatic carbocycles. The topological polar surface area (TPSA) is 45.0 Å². The number of ether oxygens (including phenoxy) is 1. The van der Waals surface area contributed by atoms with Gasteiger partial charge < -0.3 is 10.1 Å². The van der Waals surface area contributed by atoms with Gasteiger partial charge in [0.1, 0.15) is 11.8 Å². The van der Waals surface area contributed by atoms with E-state index < -0.39 is 0 Å². The van der Waals surface area contributed by atoms with E-state index in [4.69, 9.17) is 21.6 Å². The number of hydrogen-bond acceptors (Lipinski definition) is 3. The Morgan fingerprint density at radius 2 is 2.00 bits per heavy atom. The van der Waals surface area contributed by atoms with Gasteiger partial charge in [-0.1, -0.05) is 29.3 Å². The first-order chi connectivity index (χ1) is 10.0. The molecule has 0 bridgehead atoms. The third-order valence-electron chi connectivity index (χ3n) is 3.32. The molecule has 0 radical (unpaired) electrons. The second-order valence-electron chi connectivity index (χ2n) is 4.92. The second kappa shape index (κ2) is 6.51. The van der Waals surface area contributed by atoms with E-state index in [1.165, 1.54) is 5.56 Å². The van der Waals surface area contributed by atoms with Crippen LogP contribution in [-0.2, 0) is 0 Å². The zero-order valence-electron chi connectivity index (χ0n) is 12.3. The molecule has 21 heavy (non-hydrogen) atoms. The Morgan fingerprint density at radius 3 is 2.67 bits per heavy atom. The van der Waals surface area contributed by atoms with Gasteiger partial charge in [-0.2, -0.15) is 5.26 Å². The van der Waals surface area contributed by atoms with Crippen LogP contribution in [0.25, 0.3) is 0 Å². The highest BCUT2D eigenvalue weighted by Crippen LogP contribution is 2.29. The van der Waals surface area contributed by atoms with Gasteiger partial charge >= 0.3 is 0 Å². The predicted molar refractivity (Wildman–Crippen MR) is 85.9 cm³/mol. The van der Waals surface area contributed by atoms with Crippen LogP contribution in [0, 0.1) is 18.3 Å². The average Bonchev–Trinajstić information content (AvgIpc) is 2.49. The molecule has 1 unspecified atom stereocenters. The first kappa shape index (κ1) is 15.2. The summed E-state index contributed by atoms with van der Waals surface area (Å²) in [6.45, 7) is 4.10. The van der Waals surface area contributed by atoms with Gasteiger partial charge in [0.05, 0.1) is 23.7 Å². The van der Waals surface area contributed by atoms with Crippen LogP contribution in [-0.4, -0.2) is 7.11 Å². The van der Waals surface area contributed by atoms with E-state index in [1.807, 2.05) is 25.1 Å². The zero-order valence-corrected chi connectivity index (χ0v) is 13.0. The lowest BCUT2D eigenvalue weighted by Crippen LogP contribution is -2.08. The van der Waals surface area contributed by atoms with Crippen LogP contribution in [0.2, 0.25) is 5.02 Å². The van der Waals surface area contributed by atoms with Crippen molar-refractivity contribution in [3.05, 3.63) is 58.1 Å². The quantitative estimate of drug-likeness (QED) is 0.890. The van der Waals surface area contributed by atoms with Gasteiger partial charge in [0.2, 0.25) is 0 Å². The number of halogens is 1. The van der Waals surface area contributed by atoms with Crippen LogP contribution in [0.5, 0.6) is 5.75 Å². The van der Waals surface area contributed by atoms with Crippen molar-refractivity contribution in [2.45, 2.75) is 19.9 Å². The summed E-state index contributed by atoms with van der Waals surface area (Å²) in [4.78, 5) is 0. The zero-order chi connectivity index (χ0) is 15.4. The minimum Gasteiger partial charge on any atom is -0.496 e. The van der Waals surface area contributed by atoms with Crippen molar-refractivity contribution in [1.82, 2.24) is 0 Å². The summed E-state index contributed by atoms with van der Waals surface area (Å²) in [5.41, 5.74) is 3.57. The maximum Gasteiger partial charge on any atom is 0.124 e. The molecule has 108 valence electrons. The minimum atomic E-state index is 0.0487. The molecule has 4 heteroatoms. The summed E-state index contributed by atoms with van der Waals surface area (Å²) in [6.07, 6.45) is 0. The monoisotopic (exact) mass is 300 g/mol. The number of aryl methyl sites for hydroxylation is 1. The van der Waals surface area contributed by atoms with Crippen molar-refractivity contribution >= 4 is 17.3 Å². The highest BCUT2D eigenvalue weighted by atomic mass is 35.5. The summed E-state index contributed by atoms with van der Waals surface area (Å²) >= 11 is 5.95. The number of nitrogens with zero attached hydrogens (tertiary/aromatic N) is 1. The molecule has 2 rings (SSSR count). The van der Waals surface area contributed by atoms with Gasteiger partial charge in [-0.3, -0.25) is 0 Å². The Labute approximate surface area is 130 Å². The van der Waals surface area contributed by atoms with Crippen molar-refractivity contribution in [3.63, 3.8) is 0 Å². The molecule has 0 amide bonds. The average molecular weight is 301 g/mol. The Bertz CT molecular complexity index is 692. The molecule has 0 saturated heterocycles. The van der Waals surface area contributed by atoms with Crippen LogP contribution >= 0.6 is 11.6 Å². The molecular weight excluding hydrogens is 284 g/mol. The van der Waals surface area contributed by atoms with Gasteiger partial charge in [0, 0.05) is 11.3 Å². The number of nitriles is 1. The SMILES string of the molecule is COc1ccc(C)cc1C(C)Nc1ccc(Cl)c(C#N)c1. The molecule has 0 aliphatic carbocycles. The Morgan fingerprint density at radius 1 is 1.24 bits per heavy atom. The van der Waals surface area contributed by atoms with Gasteiger partial charge in [-0.05, 0) is 38.1 Å². The van der Waals surface area contributed by atoms with E-state index in [2.05, 4.69) is 24.4 Å². The number of anilines is 1. The number of hydrogen-bond donors (Lipinski definition) is 1. The van der Waals surface area contributed by atoms with Crippen molar-refractivity contribution < 1.29 is 4.74 Å². The number of benzene rings is 2. The molecule has 1 N–H and O–H groups in total. The molecule has 2 aromatic rings. The van der Waals surface area contributed by atoms with Crippen LogP contribution in [0.3, 0.4) is 0 Å². The highest BCUT2D eigenvalue weighted by molar-refractivity contribution is 6.31. The third kappa shape index (κ3) is 3.48. The lowest BCUT2D eigenvalue weighted by molar-refractivity contribution is 0.408. The molecular formula is C17H17ClN2O. The summed E-state index contributed by atoms with van der Waals surface area (Å²) in [6, 6.07) is 13.5. The summed E-state index contributed by atoms with van der Waals surface area (Å²) in [5, 5.41) is 12.9. The number of nitrogens with one attached hydrogen (secondary N) is 1. The standard InChI is InChI=1S/C17H17ClN2O/c1-11-4-7-17(21-3)15(8-11)12(2)20-14-5-6-16(18)13(9-14)10-19/h4-9,12,20H,1-3H3. The molecule has 1 atom stereocenters.